The summed E-state index contributed by atoms with van der Waals surface area (Å²) in [6, 6.07) is 11.6. The summed E-state index contributed by atoms with van der Waals surface area (Å²) in [6.45, 7) is 5.19. The van der Waals surface area contributed by atoms with E-state index in [2.05, 4.69) is 14.4 Å². The van der Waals surface area contributed by atoms with Gasteiger partial charge in [-0.15, -0.1) is 11.3 Å². The predicted octanol–water partition coefficient (Wildman–Crippen LogP) is 3.51. The highest BCUT2D eigenvalue weighted by Crippen LogP contribution is 2.37. The summed E-state index contributed by atoms with van der Waals surface area (Å²) in [5.74, 6) is 0. The SMILES string of the molecule is CC(C)(C)NS(=O)(=O)c1cc(NS(C)(=O)=O)ccc1-c1cnc(-c2ccc(N)cc2)s1. The van der Waals surface area contributed by atoms with Crippen LogP contribution in [0, 0.1) is 0 Å². The number of aromatic nitrogens is 1. The average Bonchev–Trinajstić information content (AvgIpc) is 3.09. The van der Waals surface area contributed by atoms with E-state index in [1.807, 2.05) is 12.1 Å². The number of nitrogens with one attached hydrogen (secondary N) is 2. The number of rotatable bonds is 6. The van der Waals surface area contributed by atoms with Gasteiger partial charge in [0.05, 0.1) is 16.0 Å². The van der Waals surface area contributed by atoms with Crippen LogP contribution < -0.4 is 15.2 Å². The fourth-order valence-corrected chi connectivity index (χ4v) is 6.09. The molecule has 4 N–H and O–H groups in total. The van der Waals surface area contributed by atoms with E-state index in [0.29, 0.717) is 21.1 Å². The lowest BCUT2D eigenvalue weighted by molar-refractivity contribution is 0.491. The lowest BCUT2D eigenvalue weighted by Crippen LogP contribution is -2.40. The summed E-state index contributed by atoms with van der Waals surface area (Å²) < 4.78 is 54.5. The van der Waals surface area contributed by atoms with Gasteiger partial charge in [0.1, 0.15) is 5.01 Å². The van der Waals surface area contributed by atoms with Gasteiger partial charge in [-0.1, -0.05) is 6.07 Å². The number of sulfonamides is 2. The first kappa shape index (κ1) is 23.2. The second-order valence-corrected chi connectivity index (χ2v) is 12.5. The highest BCUT2D eigenvalue weighted by atomic mass is 32.2. The van der Waals surface area contributed by atoms with E-state index in [0.717, 1.165) is 11.8 Å². The largest absolute Gasteiger partial charge is 0.399 e. The molecule has 3 rings (SSSR count). The van der Waals surface area contributed by atoms with Crippen LogP contribution in [0.2, 0.25) is 0 Å². The summed E-state index contributed by atoms with van der Waals surface area (Å²) in [4.78, 5) is 5.02. The van der Waals surface area contributed by atoms with Gasteiger partial charge in [-0.2, -0.15) is 0 Å². The Balaban J connectivity index is 2.12. The van der Waals surface area contributed by atoms with Crippen molar-refractivity contribution in [1.29, 1.82) is 0 Å². The molecule has 2 aromatic carbocycles. The van der Waals surface area contributed by atoms with E-state index < -0.39 is 25.6 Å². The molecule has 0 saturated carbocycles. The third-order valence-electron chi connectivity index (χ3n) is 3.94. The van der Waals surface area contributed by atoms with Crippen molar-refractivity contribution in [1.82, 2.24) is 9.71 Å². The highest BCUT2D eigenvalue weighted by molar-refractivity contribution is 7.92. The van der Waals surface area contributed by atoms with E-state index in [4.69, 9.17) is 5.73 Å². The highest BCUT2D eigenvalue weighted by Gasteiger charge is 2.26. The zero-order valence-corrected chi connectivity index (χ0v) is 20.0. The fourth-order valence-electron chi connectivity index (χ4n) is 2.84. The number of nitrogens with zero attached hydrogens (tertiary/aromatic N) is 1. The Kier molecular flexibility index (Phi) is 6.16. The topological polar surface area (TPSA) is 131 Å². The van der Waals surface area contributed by atoms with Crippen molar-refractivity contribution in [3.8, 4) is 21.0 Å². The minimum absolute atomic E-state index is 0.0384. The molecular weight excluding hydrogens is 456 g/mol. The van der Waals surface area contributed by atoms with E-state index >= 15 is 0 Å². The second-order valence-electron chi connectivity index (χ2n) is 8.09. The molecule has 11 heteroatoms. The molecule has 8 nitrogen and oxygen atoms in total. The van der Waals surface area contributed by atoms with E-state index in [-0.39, 0.29) is 10.6 Å². The summed E-state index contributed by atoms with van der Waals surface area (Å²) in [5, 5.41) is 0.709. The van der Waals surface area contributed by atoms with Crippen LogP contribution in [0.25, 0.3) is 21.0 Å². The van der Waals surface area contributed by atoms with E-state index in [1.165, 1.54) is 23.5 Å². The van der Waals surface area contributed by atoms with Crippen LogP contribution in [0.3, 0.4) is 0 Å². The Bertz CT molecular complexity index is 1310. The number of hydrogen-bond acceptors (Lipinski definition) is 7. The molecular formula is C20H24N4O4S3. The van der Waals surface area contributed by atoms with Crippen LogP contribution in [-0.4, -0.2) is 33.6 Å². The number of thiazole rings is 1. The minimum atomic E-state index is -3.96. The molecule has 166 valence electrons. The molecule has 0 aliphatic heterocycles. The van der Waals surface area contributed by atoms with E-state index in [1.54, 1.807) is 45.2 Å². The Morgan fingerprint density at radius 2 is 1.65 bits per heavy atom. The van der Waals surface area contributed by atoms with Crippen LogP contribution in [0.1, 0.15) is 20.8 Å². The second kappa shape index (κ2) is 8.23. The number of hydrogen-bond donors (Lipinski definition) is 3. The van der Waals surface area contributed by atoms with Gasteiger partial charge in [-0.3, -0.25) is 4.72 Å². The van der Waals surface area contributed by atoms with Crippen LogP contribution in [0.4, 0.5) is 11.4 Å². The summed E-state index contributed by atoms with van der Waals surface area (Å²) in [6.07, 6.45) is 2.61. The molecule has 3 aromatic rings. The summed E-state index contributed by atoms with van der Waals surface area (Å²) in [5.41, 5.74) is 7.09. The third-order valence-corrected chi connectivity index (χ3v) is 7.43. The Hall–Kier alpha value is -2.47. The molecule has 0 unspecified atom stereocenters. The van der Waals surface area contributed by atoms with Crippen molar-refractivity contribution < 1.29 is 16.8 Å². The van der Waals surface area contributed by atoms with Crippen molar-refractivity contribution in [3.05, 3.63) is 48.7 Å². The quantitative estimate of drug-likeness (QED) is 0.463. The van der Waals surface area contributed by atoms with Crippen LogP contribution >= 0.6 is 11.3 Å². The molecule has 0 saturated heterocycles. The first-order chi connectivity index (χ1) is 14.2. The third kappa shape index (κ3) is 6.03. The molecule has 31 heavy (non-hydrogen) atoms. The Morgan fingerprint density at radius 3 is 2.23 bits per heavy atom. The van der Waals surface area contributed by atoms with Crippen molar-refractivity contribution in [3.63, 3.8) is 0 Å². The maximum atomic E-state index is 13.2. The van der Waals surface area contributed by atoms with Gasteiger partial charge in [0.2, 0.25) is 20.0 Å². The van der Waals surface area contributed by atoms with Gasteiger partial charge in [0.25, 0.3) is 0 Å². The van der Waals surface area contributed by atoms with Gasteiger partial charge in [0, 0.05) is 34.2 Å². The normalized spacial score (nSPS) is 12.6. The predicted molar refractivity (Wildman–Crippen MR) is 126 cm³/mol. The number of nitrogen functional groups attached to an aromatic ring is 1. The molecule has 1 aromatic heterocycles. The maximum Gasteiger partial charge on any atom is 0.241 e. The monoisotopic (exact) mass is 480 g/mol. The van der Waals surface area contributed by atoms with Crippen molar-refractivity contribution in [2.75, 3.05) is 16.7 Å². The van der Waals surface area contributed by atoms with Gasteiger partial charge < -0.3 is 5.73 Å². The summed E-state index contributed by atoms with van der Waals surface area (Å²) >= 11 is 1.33. The molecule has 0 radical (unpaired) electrons. The Labute approximate surface area is 186 Å². The molecule has 0 fully saturated rings. The first-order valence-electron chi connectivity index (χ1n) is 9.21. The van der Waals surface area contributed by atoms with Crippen LogP contribution in [0.5, 0.6) is 0 Å². The van der Waals surface area contributed by atoms with E-state index in [9.17, 15) is 16.8 Å². The molecule has 0 atom stereocenters. The molecule has 0 aliphatic rings. The minimum Gasteiger partial charge on any atom is -0.399 e. The zero-order chi connectivity index (χ0) is 23.0. The number of nitrogens with two attached hydrogens (primary N) is 1. The van der Waals surface area contributed by atoms with Crippen LogP contribution in [-0.2, 0) is 20.0 Å². The van der Waals surface area contributed by atoms with Gasteiger partial charge in [-0.05, 0) is 57.2 Å². The standard InChI is InChI=1S/C20H24N4O4S3/c1-20(2,3)24-31(27,28)18-11-15(23-30(4,25)26)9-10-16(18)17-12-22-19(29-17)13-5-7-14(21)8-6-13/h5-12,23-24H,21H2,1-4H3. The summed E-state index contributed by atoms with van der Waals surface area (Å²) in [7, 11) is -7.53. The molecule has 0 amide bonds. The molecule has 1 heterocycles. The lowest BCUT2D eigenvalue weighted by Gasteiger charge is -2.22. The first-order valence-corrected chi connectivity index (χ1v) is 13.4. The number of anilines is 2. The molecule has 0 bridgehead atoms. The fraction of sp³-hybridized carbons (Fsp3) is 0.250. The molecule has 0 aliphatic carbocycles. The average molecular weight is 481 g/mol. The van der Waals surface area contributed by atoms with Crippen LogP contribution in [0.15, 0.2) is 53.6 Å². The van der Waals surface area contributed by atoms with Crippen molar-refractivity contribution in [2.24, 2.45) is 0 Å². The smallest absolute Gasteiger partial charge is 0.241 e. The molecule has 0 spiro atoms. The van der Waals surface area contributed by atoms with Crippen molar-refractivity contribution in [2.45, 2.75) is 31.2 Å². The van der Waals surface area contributed by atoms with Gasteiger partial charge in [-0.25, -0.2) is 26.5 Å². The lowest BCUT2D eigenvalue weighted by atomic mass is 10.1. The maximum absolute atomic E-state index is 13.2. The van der Waals surface area contributed by atoms with Gasteiger partial charge >= 0.3 is 0 Å². The van der Waals surface area contributed by atoms with Crippen molar-refractivity contribution >= 4 is 42.8 Å². The van der Waals surface area contributed by atoms with Gasteiger partial charge in [0.15, 0.2) is 0 Å². The number of benzene rings is 2. The zero-order valence-electron chi connectivity index (χ0n) is 17.5. The Morgan fingerprint density at radius 1 is 1.00 bits per heavy atom.